The van der Waals surface area contributed by atoms with E-state index in [0.717, 1.165) is 18.5 Å². The molecular weight excluding hydrogens is 272 g/mol. The summed E-state index contributed by atoms with van der Waals surface area (Å²) in [5.74, 6) is -0.529. The lowest BCUT2D eigenvalue weighted by molar-refractivity contribution is -0.143. The highest BCUT2D eigenvalue weighted by Gasteiger charge is 2.25. The number of aliphatic carboxylic acids is 1. The average molecular weight is 294 g/mol. The summed E-state index contributed by atoms with van der Waals surface area (Å²) in [6.07, 6.45) is 4.82. The lowest BCUT2D eigenvalue weighted by Gasteiger charge is -2.26. The molecule has 0 saturated heterocycles. The van der Waals surface area contributed by atoms with Gasteiger partial charge in [-0.15, -0.1) is 0 Å². The van der Waals surface area contributed by atoms with E-state index in [4.69, 9.17) is 5.11 Å². The molecule has 0 bridgehead atoms. The average Bonchev–Trinajstić information content (AvgIpc) is 2.88. The van der Waals surface area contributed by atoms with Crippen LogP contribution in [0.15, 0.2) is 12.3 Å². The molecule has 1 saturated carbocycles. The summed E-state index contributed by atoms with van der Waals surface area (Å²) in [6, 6.07) is 1.66. The van der Waals surface area contributed by atoms with E-state index in [9.17, 15) is 9.59 Å². The summed E-state index contributed by atoms with van der Waals surface area (Å²) in [6.45, 7) is 1.04. The van der Waals surface area contributed by atoms with Crippen molar-refractivity contribution in [1.29, 1.82) is 0 Å². The third kappa shape index (κ3) is 4.47. The quantitative estimate of drug-likeness (QED) is 0.758. The van der Waals surface area contributed by atoms with Crippen LogP contribution in [0.3, 0.4) is 0 Å². The van der Waals surface area contributed by atoms with E-state index in [-0.39, 0.29) is 11.9 Å². The minimum atomic E-state index is -0.699. The minimum Gasteiger partial charge on any atom is -0.481 e. The van der Waals surface area contributed by atoms with E-state index in [2.05, 4.69) is 15.7 Å². The van der Waals surface area contributed by atoms with Gasteiger partial charge in [0.05, 0.1) is 18.2 Å². The molecule has 0 atom stereocenters. The third-order valence-corrected chi connectivity index (χ3v) is 4.10. The van der Waals surface area contributed by atoms with E-state index in [1.807, 2.05) is 13.1 Å². The molecule has 1 aliphatic rings. The number of aromatic nitrogens is 2. The number of nitrogens with zero attached hydrogens (tertiary/aromatic N) is 2. The van der Waals surface area contributed by atoms with Crippen LogP contribution in [0.4, 0.5) is 4.79 Å². The Balaban J connectivity index is 1.63. The van der Waals surface area contributed by atoms with Gasteiger partial charge in [0.25, 0.3) is 0 Å². The SMILES string of the molecule is Cn1nccc1CNC(=O)NCC1CCC(C(=O)O)CC1. The Bertz CT molecular complexity index is 492. The monoisotopic (exact) mass is 294 g/mol. The van der Waals surface area contributed by atoms with Crippen LogP contribution < -0.4 is 10.6 Å². The summed E-state index contributed by atoms with van der Waals surface area (Å²) in [4.78, 5) is 22.6. The first-order valence-corrected chi connectivity index (χ1v) is 7.27. The van der Waals surface area contributed by atoms with E-state index < -0.39 is 5.97 Å². The highest BCUT2D eigenvalue weighted by atomic mass is 16.4. The van der Waals surface area contributed by atoms with Crippen LogP contribution in [-0.4, -0.2) is 33.4 Å². The van der Waals surface area contributed by atoms with Gasteiger partial charge in [-0.1, -0.05) is 0 Å². The van der Waals surface area contributed by atoms with Gasteiger partial charge < -0.3 is 15.7 Å². The largest absolute Gasteiger partial charge is 0.481 e. The molecule has 1 aliphatic carbocycles. The summed E-state index contributed by atoms with van der Waals surface area (Å²) < 4.78 is 1.72. The molecule has 0 radical (unpaired) electrons. The normalized spacial score (nSPS) is 21.8. The van der Waals surface area contributed by atoms with Gasteiger partial charge >= 0.3 is 12.0 Å². The Kier molecular flexibility index (Phi) is 5.19. The maximum absolute atomic E-state index is 11.7. The fraction of sp³-hybridized carbons (Fsp3) is 0.643. The predicted octanol–water partition coefficient (Wildman–Crippen LogP) is 1.11. The number of rotatable bonds is 5. The third-order valence-electron chi connectivity index (χ3n) is 4.10. The second kappa shape index (κ2) is 7.10. The van der Waals surface area contributed by atoms with Crippen LogP contribution in [0.5, 0.6) is 0 Å². The van der Waals surface area contributed by atoms with Gasteiger partial charge in [0.15, 0.2) is 0 Å². The molecule has 1 fully saturated rings. The number of carboxylic acids is 1. The van der Waals surface area contributed by atoms with E-state index in [1.54, 1.807) is 10.9 Å². The van der Waals surface area contributed by atoms with Crippen LogP contribution in [0.2, 0.25) is 0 Å². The fourth-order valence-corrected chi connectivity index (χ4v) is 2.66. The topological polar surface area (TPSA) is 96.3 Å². The Labute approximate surface area is 123 Å². The van der Waals surface area contributed by atoms with Crippen LogP contribution in [0.1, 0.15) is 31.4 Å². The van der Waals surface area contributed by atoms with Crippen molar-refractivity contribution in [2.24, 2.45) is 18.9 Å². The number of hydrogen-bond donors (Lipinski definition) is 3. The van der Waals surface area contributed by atoms with Crippen molar-refractivity contribution in [2.45, 2.75) is 32.2 Å². The van der Waals surface area contributed by atoms with Gasteiger partial charge in [0.2, 0.25) is 0 Å². The maximum atomic E-state index is 11.7. The van der Waals surface area contributed by atoms with Crippen LogP contribution in [0, 0.1) is 11.8 Å². The number of amides is 2. The van der Waals surface area contributed by atoms with Crippen molar-refractivity contribution in [3.05, 3.63) is 18.0 Å². The Morgan fingerprint density at radius 1 is 1.33 bits per heavy atom. The molecule has 2 rings (SSSR count). The van der Waals surface area contributed by atoms with Gasteiger partial charge in [-0.25, -0.2) is 4.79 Å². The Morgan fingerprint density at radius 3 is 2.62 bits per heavy atom. The fourth-order valence-electron chi connectivity index (χ4n) is 2.66. The number of carbonyl (C=O) groups is 2. The zero-order valence-corrected chi connectivity index (χ0v) is 12.2. The first-order chi connectivity index (χ1) is 10.1. The lowest BCUT2D eigenvalue weighted by atomic mass is 9.82. The number of aryl methyl sites for hydroxylation is 1. The van der Waals surface area contributed by atoms with Crippen molar-refractivity contribution in [1.82, 2.24) is 20.4 Å². The number of nitrogens with one attached hydrogen (secondary N) is 2. The predicted molar refractivity (Wildman–Crippen MR) is 76.5 cm³/mol. The lowest BCUT2D eigenvalue weighted by Crippen LogP contribution is -2.39. The molecule has 116 valence electrons. The Morgan fingerprint density at radius 2 is 2.05 bits per heavy atom. The molecule has 7 nitrogen and oxygen atoms in total. The zero-order valence-electron chi connectivity index (χ0n) is 12.2. The molecule has 1 heterocycles. The first kappa shape index (κ1) is 15.3. The van der Waals surface area contributed by atoms with Gasteiger partial charge in [0, 0.05) is 19.8 Å². The molecule has 3 N–H and O–H groups in total. The number of carboxylic acid groups (broad SMARTS) is 1. The zero-order chi connectivity index (χ0) is 15.2. The second-order valence-corrected chi connectivity index (χ2v) is 5.57. The van der Waals surface area contributed by atoms with Crippen molar-refractivity contribution in [2.75, 3.05) is 6.54 Å². The van der Waals surface area contributed by atoms with Gasteiger partial charge in [-0.3, -0.25) is 9.48 Å². The molecule has 0 aliphatic heterocycles. The van der Waals surface area contributed by atoms with Crippen molar-refractivity contribution < 1.29 is 14.7 Å². The van der Waals surface area contributed by atoms with Gasteiger partial charge in [-0.05, 0) is 37.7 Å². The molecule has 0 spiro atoms. The van der Waals surface area contributed by atoms with Crippen molar-refractivity contribution >= 4 is 12.0 Å². The highest BCUT2D eigenvalue weighted by molar-refractivity contribution is 5.73. The van der Waals surface area contributed by atoms with E-state index in [1.165, 1.54) is 0 Å². The summed E-state index contributed by atoms with van der Waals surface area (Å²) in [5.41, 5.74) is 0.937. The molecule has 1 aromatic rings. The van der Waals surface area contributed by atoms with Crippen molar-refractivity contribution in [3.63, 3.8) is 0 Å². The smallest absolute Gasteiger partial charge is 0.315 e. The van der Waals surface area contributed by atoms with Crippen LogP contribution in [0.25, 0.3) is 0 Å². The Hall–Kier alpha value is -2.05. The van der Waals surface area contributed by atoms with Gasteiger partial charge in [-0.2, -0.15) is 5.10 Å². The molecule has 21 heavy (non-hydrogen) atoms. The molecule has 2 amide bonds. The summed E-state index contributed by atoms with van der Waals surface area (Å²) in [7, 11) is 1.83. The first-order valence-electron chi connectivity index (χ1n) is 7.27. The molecular formula is C14H22N4O3. The molecule has 1 aromatic heterocycles. The van der Waals surface area contributed by atoms with Crippen LogP contribution >= 0.6 is 0 Å². The minimum absolute atomic E-state index is 0.198. The molecule has 0 aromatic carbocycles. The number of hydrogen-bond acceptors (Lipinski definition) is 3. The standard InChI is InChI=1S/C14H22N4O3/c1-18-12(6-7-17-18)9-16-14(21)15-8-10-2-4-11(5-3-10)13(19)20/h6-7,10-11H,2-5,8-9H2,1H3,(H,19,20)(H2,15,16,21). The van der Waals surface area contributed by atoms with Gasteiger partial charge in [0.1, 0.15) is 0 Å². The summed E-state index contributed by atoms with van der Waals surface area (Å²) >= 11 is 0. The van der Waals surface area contributed by atoms with Crippen LogP contribution in [-0.2, 0) is 18.4 Å². The van der Waals surface area contributed by atoms with Crippen molar-refractivity contribution in [3.8, 4) is 0 Å². The van der Waals surface area contributed by atoms with E-state index >= 15 is 0 Å². The second-order valence-electron chi connectivity index (χ2n) is 5.57. The molecule has 0 unspecified atom stereocenters. The summed E-state index contributed by atoms with van der Waals surface area (Å²) in [5, 5.41) is 18.6. The maximum Gasteiger partial charge on any atom is 0.315 e. The molecule has 7 heteroatoms. The van der Waals surface area contributed by atoms with E-state index in [0.29, 0.717) is 31.8 Å². The number of urea groups is 1. The number of carbonyl (C=O) groups excluding carboxylic acids is 1. The highest BCUT2D eigenvalue weighted by Crippen LogP contribution is 2.28.